The predicted molar refractivity (Wildman–Crippen MR) is 86.6 cm³/mol. The van der Waals surface area contributed by atoms with Gasteiger partial charge >= 0.3 is 0 Å². The molecule has 6 nitrogen and oxygen atoms in total. The second kappa shape index (κ2) is 6.12. The van der Waals surface area contributed by atoms with Crippen LogP contribution in [0.4, 0.5) is 0 Å². The molecule has 0 bridgehead atoms. The van der Waals surface area contributed by atoms with E-state index in [0.717, 1.165) is 18.4 Å². The monoisotopic (exact) mass is 315 g/mol. The Labute approximate surface area is 134 Å². The first-order valence-corrected chi connectivity index (χ1v) is 7.94. The van der Waals surface area contributed by atoms with Gasteiger partial charge in [-0.1, -0.05) is 6.07 Å². The first kappa shape index (κ1) is 15.7. The highest BCUT2D eigenvalue weighted by Crippen LogP contribution is 2.23. The molecule has 6 heteroatoms. The van der Waals surface area contributed by atoms with E-state index in [-0.39, 0.29) is 23.1 Å². The van der Waals surface area contributed by atoms with Crippen molar-refractivity contribution in [3.05, 3.63) is 46.0 Å². The van der Waals surface area contributed by atoms with Crippen molar-refractivity contribution in [2.75, 3.05) is 6.54 Å². The van der Waals surface area contributed by atoms with Crippen molar-refractivity contribution in [1.29, 1.82) is 0 Å². The molecule has 2 unspecified atom stereocenters. The van der Waals surface area contributed by atoms with E-state index in [0.29, 0.717) is 18.6 Å². The van der Waals surface area contributed by atoms with Crippen LogP contribution < -0.4 is 5.56 Å². The van der Waals surface area contributed by atoms with Crippen LogP contribution in [0.3, 0.4) is 0 Å². The highest BCUT2D eigenvalue weighted by molar-refractivity contribution is 5.94. The minimum absolute atomic E-state index is 0.0138. The molecular formula is C17H21N3O3. The first-order valence-electron chi connectivity index (χ1n) is 7.94. The number of aliphatic hydroxyl groups is 1. The van der Waals surface area contributed by atoms with Crippen LogP contribution in [-0.2, 0) is 0 Å². The fourth-order valence-electron chi connectivity index (χ4n) is 3.23. The Bertz CT molecular complexity index is 797. The van der Waals surface area contributed by atoms with Crippen molar-refractivity contribution in [2.24, 2.45) is 0 Å². The number of aliphatic hydroxyl groups excluding tert-OH is 1. The molecule has 1 aliphatic heterocycles. The molecule has 23 heavy (non-hydrogen) atoms. The van der Waals surface area contributed by atoms with Crippen LogP contribution in [0.1, 0.15) is 42.1 Å². The van der Waals surface area contributed by atoms with E-state index in [4.69, 9.17) is 0 Å². The van der Waals surface area contributed by atoms with E-state index in [1.54, 1.807) is 24.1 Å². The average molecular weight is 315 g/mol. The molecular weight excluding hydrogens is 294 g/mol. The summed E-state index contributed by atoms with van der Waals surface area (Å²) in [5.74, 6) is -0.290. The van der Waals surface area contributed by atoms with Crippen molar-refractivity contribution < 1.29 is 9.90 Å². The van der Waals surface area contributed by atoms with Gasteiger partial charge in [0, 0.05) is 25.0 Å². The number of hydrogen-bond donors (Lipinski definition) is 1. The zero-order valence-electron chi connectivity index (χ0n) is 13.4. The van der Waals surface area contributed by atoms with Gasteiger partial charge in [0.2, 0.25) is 0 Å². The largest absolute Gasteiger partial charge is 0.393 e. The topological polar surface area (TPSA) is 74.9 Å². The number of hydrogen-bond acceptors (Lipinski definition) is 4. The molecule has 0 spiro atoms. The van der Waals surface area contributed by atoms with Crippen LogP contribution in [0.25, 0.3) is 5.65 Å². The zero-order valence-corrected chi connectivity index (χ0v) is 13.4. The van der Waals surface area contributed by atoms with Crippen LogP contribution >= 0.6 is 0 Å². The second-order valence-electron chi connectivity index (χ2n) is 6.29. The number of pyridine rings is 1. The Morgan fingerprint density at radius 3 is 3.00 bits per heavy atom. The standard InChI is InChI=1S/C17H21N3O3/c1-11-5-6-15-18-9-14(17(23)20(15)10-11)16(22)19-7-3-4-13(19)8-12(2)21/h5-6,9-10,12-13,21H,3-4,7-8H2,1-2H3. The van der Waals surface area contributed by atoms with Gasteiger partial charge in [0.15, 0.2) is 0 Å². The Balaban J connectivity index is 1.98. The third-order valence-corrected chi connectivity index (χ3v) is 4.33. The molecule has 2 aromatic heterocycles. The predicted octanol–water partition coefficient (Wildman–Crippen LogP) is 1.38. The van der Waals surface area contributed by atoms with Crippen LogP contribution in [0.5, 0.6) is 0 Å². The smallest absolute Gasteiger partial charge is 0.270 e. The normalized spacial score (nSPS) is 19.3. The summed E-state index contributed by atoms with van der Waals surface area (Å²) in [5, 5.41) is 9.59. The maximum Gasteiger partial charge on any atom is 0.270 e. The second-order valence-corrected chi connectivity index (χ2v) is 6.29. The highest BCUT2D eigenvalue weighted by Gasteiger charge is 2.31. The first-order chi connectivity index (χ1) is 11.0. The molecule has 0 aromatic carbocycles. The number of nitrogens with zero attached hydrogens (tertiary/aromatic N) is 3. The Hall–Kier alpha value is -2.21. The maximum atomic E-state index is 12.8. The van der Waals surface area contributed by atoms with Crippen molar-refractivity contribution in [3.8, 4) is 0 Å². The lowest BCUT2D eigenvalue weighted by atomic mass is 10.1. The minimum atomic E-state index is -0.466. The zero-order chi connectivity index (χ0) is 16.6. The van der Waals surface area contributed by atoms with E-state index in [2.05, 4.69) is 4.98 Å². The number of carbonyl (C=O) groups excluding carboxylic acids is 1. The Kier molecular flexibility index (Phi) is 4.17. The van der Waals surface area contributed by atoms with E-state index < -0.39 is 6.10 Å². The van der Waals surface area contributed by atoms with Crippen molar-refractivity contribution >= 4 is 11.6 Å². The molecule has 0 radical (unpaired) electrons. The van der Waals surface area contributed by atoms with Gasteiger partial charge in [0.05, 0.1) is 6.10 Å². The number of fused-ring (bicyclic) bond motifs is 1. The molecule has 2 atom stereocenters. The Morgan fingerprint density at radius 1 is 1.48 bits per heavy atom. The quantitative estimate of drug-likeness (QED) is 0.928. The number of amides is 1. The fourth-order valence-corrected chi connectivity index (χ4v) is 3.23. The lowest BCUT2D eigenvalue weighted by molar-refractivity contribution is 0.0679. The minimum Gasteiger partial charge on any atom is -0.393 e. The van der Waals surface area contributed by atoms with Gasteiger partial charge in [-0.2, -0.15) is 0 Å². The van der Waals surface area contributed by atoms with Gasteiger partial charge < -0.3 is 10.0 Å². The summed E-state index contributed by atoms with van der Waals surface area (Å²) >= 11 is 0. The molecule has 1 fully saturated rings. The fraction of sp³-hybridized carbons (Fsp3) is 0.471. The molecule has 1 saturated heterocycles. The summed E-state index contributed by atoms with van der Waals surface area (Å²) in [5.41, 5.74) is 1.20. The third kappa shape index (κ3) is 2.99. The summed E-state index contributed by atoms with van der Waals surface area (Å²) in [4.78, 5) is 31.3. The molecule has 2 aromatic rings. The van der Waals surface area contributed by atoms with Gasteiger partial charge in [0.25, 0.3) is 11.5 Å². The van der Waals surface area contributed by atoms with Gasteiger partial charge in [-0.05, 0) is 44.7 Å². The molecule has 122 valence electrons. The summed E-state index contributed by atoms with van der Waals surface area (Å²) in [7, 11) is 0. The maximum absolute atomic E-state index is 12.8. The Morgan fingerprint density at radius 2 is 2.26 bits per heavy atom. The van der Waals surface area contributed by atoms with Crippen molar-refractivity contribution in [2.45, 2.75) is 45.3 Å². The van der Waals surface area contributed by atoms with Crippen LogP contribution in [-0.4, -0.2) is 44.0 Å². The van der Waals surface area contributed by atoms with E-state index in [1.165, 1.54) is 10.6 Å². The number of aryl methyl sites for hydroxylation is 1. The summed E-state index contributed by atoms with van der Waals surface area (Å²) in [6.07, 6.45) is 4.88. The molecule has 1 N–H and O–H groups in total. The van der Waals surface area contributed by atoms with Gasteiger partial charge in [-0.3, -0.25) is 14.0 Å². The highest BCUT2D eigenvalue weighted by atomic mass is 16.3. The van der Waals surface area contributed by atoms with Crippen LogP contribution in [0, 0.1) is 6.92 Å². The van der Waals surface area contributed by atoms with Gasteiger partial charge in [-0.15, -0.1) is 0 Å². The molecule has 3 heterocycles. The molecule has 0 saturated carbocycles. The average Bonchev–Trinajstić information content (AvgIpc) is 2.95. The summed E-state index contributed by atoms with van der Waals surface area (Å²) in [6.45, 7) is 4.22. The van der Waals surface area contributed by atoms with Crippen molar-refractivity contribution in [1.82, 2.24) is 14.3 Å². The van der Waals surface area contributed by atoms with Crippen LogP contribution in [0.2, 0.25) is 0 Å². The molecule has 0 aliphatic carbocycles. The lowest BCUT2D eigenvalue weighted by Crippen LogP contribution is -2.40. The van der Waals surface area contributed by atoms with E-state index in [9.17, 15) is 14.7 Å². The summed E-state index contributed by atoms with van der Waals surface area (Å²) < 4.78 is 1.42. The van der Waals surface area contributed by atoms with Crippen molar-refractivity contribution in [3.63, 3.8) is 0 Å². The number of rotatable bonds is 3. The van der Waals surface area contributed by atoms with Gasteiger partial charge in [0.1, 0.15) is 11.2 Å². The number of carbonyl (C=O) groups is 1. The number of aromatic nitrogens is 2. The van der Waals surface area contributed by atoms with Crippen LogP contribution in [0.15, 0.2) is 29.3 Å². The van der Waals surface area contributed by atoms with E-state index in [1.807, 2.05) is 13.0 Å². The molecule has 3 rings (SSSR count). The van der Waals surface area contributed by atoms with E-state index >= 15 is 0 Å². The van der Waals surface area contributed by atoms with Gasteiger partial charge in [-0.25, -0.2) is 4.98 Å². The SMILES string of the molecule is Cc1ccc2ncc(C(=O)N3CCCC3CC(C)O)c(=O)n2c1. The summed E-state index contributed by atoms with van der Waals surface area (Å²) in [6, 6.07) is 3.62. The third-order valence-electron chi connectivity index (χ3n) is 4.33. The number of likely N-dealkylation sites (tertiary alicyclic amines) is 1. The molecule has 1 amide bonds. The lowest BCUT2D eigenvalue weighted by Gasteiger charge is -2.25. The molecule has 1 aliphatic rings.